The molecule has 2 aromatic carbocycles. The lowest BCUT2D eigenvalue weighted by Gasteiger charge is -2.39. The average molecular weight is 593 g/mol. The number of allylic oxidation sites excluding steroid dienone is 1. The first-order chi connectivity index (χ1) is 20.7. The second-order valence-corrected chi connectivity index (χ2v) is 10.8. The quantitative estimate of drug-likeness (QED) is 0.340. The fourth-order valence-corrected chi connectivity index (χ4v) is 5.53. The maximum atomic E-state index is 13.2. The summed E-state index contributed by atoms with van der Waals surface area (Å²) in [4.78, 5) is 17.8. The molecule has 2 aromatic rings. The molecule has 0 aliphatic carbocycles. The Labute approximate surface area is 263 Å². The molecule has 2 heterocycles. The highest BCUT2D eigenvalue weighted by Crippen LogP contribution is 2.37. The van der Waals surface area contributed by atoms with E-state index in [2.05, 4.69) is 80.3 Å². The normalized spacial score (nSPS) is 18.1. The van der Waals surface area contributed by atoms with E-state index in [1.165, 1.54) is 48.1 Å². The molecule has 0 aromatic heterocycles. The average Bonchev–Trinajstić information content (AvgIpc) is 3.04. The first-order valence-corrected chi connectivity index (χ1v) is 15.8. The fraction of sp³-hybridized carbons (Fsp3) is 0.500. The molecule has 2 atom stereocenters. The summed E-state index contributed by atoms with van der Waals surface area (Å²) in [5.41, 5.74) is 7.23. The van der Waals surface area contributed by atoms with E-state index in [9.17, 15) is 9.90 Å². The highest BCUT2D eigenvalue weighted by Gasteiger charge is 2.32. The van der Waals surface area contributed by atoms with E-state index in [1.807, 2.05) is 46.8 Å². The minimum atomic E-state index is 0.0488. The lowest BCUT2D eigenvalue weighted by atomic mass is 9.87. The Morgan fingerprint density at radius 1 is 0.953 bits per heavy atom. The van der Waals surface area contributed by atoms with Crippen LogP contribution in [0.1, 0.15) is 94.5 Å². The van der Waals surface area contributed by atoms with Crippen molar-refractivity contribution < 1.29 is 15.0 Å². The number of phenols is 1. The minimum Gasteiger partial charge on any atom is -0.508 e. The number of carbonyl (C=O) groups is 1. The van der Waals surface area contributed by atoms with Gasteiger partial charge in [0, 0.05) is 26.1 Å². The zero-order valence-corrected chi connectivity index (χ0v) is 28.6. The van der Waals surface area contributed by atoms with Gasteiger partial charge in [0.05, 0.1) is 6.04 Å². The van der Waals surface area contributed by atoms with Gasteiger partial charge in [0.25, 0.3) is 0 Å². The second kappa shape index (κ2) is 22.4. The SMILES string of the molecule is C/C=C\C1=C(C)CCN(C(=O)CCC2CCCCN2C)C1c1ccccc1.C=C.CC.CO.Cc1cc(C)c(O)cc1C. The molecular weight excluding hydrogens is 532 g/mol. The Kier molecular flexibility index (Phi) is 20.8. The van der Waals surface area contributed by atoms with Gasteiger partial charge in [-0.25, -0.2) is 0 Å². The number of aryl methyl sites for hydroxylation is 3. The van der Waals surface area contributed by atoms with Crippen molar-refractivity contribution >= 4 is 5.91 Å². The van der Waals surface area contributed by atoms with Crippen molar-refractivity contribution in [3.05, 3.63) is 101 Å². The molecule has 1 saturated heterocycles. The van der Waals surface area contributed by atoms with Crippen molar-refractivity contribution in [2.75, 3.05) is 27.2 Å². The van der Waals surface area contributed by atoms with Gasteiger partial charge in [-0.2, -0.15) is 0 Å². The van der Waals surface area contributed by atoms with Gasteiger partial charge in [-0.15, -0.1) is 13.2 Å². The Hall–Kier alpha value is -3.15. The summed E-state index contributed by atoms with van der Waals surface area (Å²) in [5, 5.41) is 16.2. The van der Waals surface area contributed by atoms with E-state index < -0.39 is 0 Å². The molecule has 0 spiro atoms. The molecule has 5 nitrogen and oxygen atoms in total. The highest BCUT2D eigenvalue weighted by atomic mass is 16.3. The number of amides is 1. The molecule has 2 N–H and O–H groups in total. The van der Waals surface area contributed by atoms with Crippen LogP contribution in [-0.4, -0.2) is 59.2 Å². The van der Waals surface area contributed by atoms with Crippen molar-refractivity contribution in [1.82, 2.24) is 9.80 Å². The van der Waals surface area contributed by atoms with E-state index >= 15 is 0 Å². The van der Waals surface area contributed by atoms with Crippen LogP contribution in [0.15, 0.2) is 78.9 Å². The van der Waals surface area contributed by atoms with Gasteiger partial charge in [-0.1, -0.05) is 74.4 Å². The molecule has 240 valence electrons. The smallest absolute Gasteiger partial charge is 0.223 e. The maximum Gasteiger partial charge on any atom is 0.223 e. The van der Waals surface area contributed by atoms with E-state index in [0.717, 1.165) is 37.6 Å². The van der Waals surface area contributed by atoms with Crippen LogP contribution in [0, 0.1) is 20.8 Å². The van der Waals surface area contributed by atoms with Crippen LogP contribution in [0.5, 0.6) is 5.75 Å². The van der Waals surface area contributed by atoms with E-state index in [0.29, 0.717) is 24.1 Å². The lowest BCUT2D eigenvalue weighted by Crippen LogP contribution is -2.41. The Balaban J connectivity index is 0.000000919. The predicted molar refractivity (Wildman–Crippen MR) is 186 cm³/mol. The third kappa shape index (κ3) is 12.5. The van der Waals surface area contributed by atoms with Crippen molar-refractivity contribution in [1.29, 1.82) is 0 Å². The van der Waals surface area contributed by atoms with E-state index in [4.69, 9.17) is 5.11 Å². The first-order valence-electron chi connectivity index (χ1n) is 15.8. The highest BCUT2D eigenvalue weighted by molar-refractivity contribution is 5.78. The summed E-state index contributed by atoms with van der Waals surface area (Å²) in [5.74, 6) is 0.695. The number of nitrogens with zero attached hydrogens (tertiary/aromatic N) is 2. The third-order valence-corrected chi connectivity index (χ3v) is 8.03. The fourth-order valence-electron chi connectivity index (χ4n) is 5.53. The molecule has 0 bridgehead atoms. The topological polar surface area (TPSA) is 64.0 Å². The first kappa shape index (κ1) is 39.8. The van der Waals surface area contributed by atoms with Crippen molar-refractivity contribution in [3.8, 4) is 5.75 Å². The van der Waals surface area contributed by atoms with Crippen molar-refractivity contribution in [2.24, 2.45) is 0 Å². The van der Waals surface area contributed by atoms with Crippen LogP contribution in [0.2, 0.25) is 0 Å². The van der Waals surface area contributed by atoms with Crippen molar-refractivity contribution in [3.63, 3.8) is 0 Å². The summed E-state index contributed by atoms with van der Waals surface area (Å²) >= 11 is 0. The van der Waals surface area contributed by atoms with E-state index in [1.54, 1.807) is 6.07 Å². The molecule has 0 saturated carbocycles. The second-order valence-electron chi connectivity index (χ2n) is 10.8. The number of hydrogen-bond acceptors (Lipinski definition) is 4. The van der Waals surface area contributed by atoms with Crippen LogP contribution in [0.3, 0.4) is 0 Å². The van der Waals surface area contributed by atoms with Crippen LogP contribution < -0.4 is 0 Å². The summed E-state index contributed by atoms with van der Waals surface area (Å²) in [7, 11) is 3.21. The summed E-state index contributed by atoms with van der Waals surface area (Å²) in [6.45, 7) is 22.2. The minimum absolute atomic E-state index is 0.0488. The number of rotatable bonds is 5. The molecule has 5 heteroatoms. The Morgan fingerprint density at radius 2 is 1.56 bits per heavy atom. The lowest BCUT2D eigenvalue weighted by molar-refractivity contribution is -0.133. The van der Waals surface area contributed by atoms with Gasteiger partial charge in [0.2, 0.25) is 5.91 Å². The Morgan fingerprint density at radius 3 is 2.12 bits per heavy atom. The summed E-state index contributed by atoms with van der Waals surface area (Å²) in [6.07, 6.45) is 10.7. The molecule has 1 fully saturated rings. The van der Waals surface area contributed by atoms with Gasteiger partial charge in [-0.05, 0) is 108 Å². The number of carbonyl (C=O) groups excluding carboxylic acids is 1. The molecule has 0 radical (unpaired) electrons. The van der Waals surface area contributed by atoms with Gasteiger partial charge < -0.3 is 20.0 Å². The molecule has 4 rings (SSSR count). The monoisotopic (exact) mass is 592 g/mol. The Bertz CT molecular complexity index is 1070. The summed E-state index contributed by atoms with van der Waals surface area (Å²) in [6, 6.07) is 14.9. The standard InChI is InChI=1S/C24H34N2O.C9H12O.C2H6.C2H4.CH4O/c1-4-10-22-19(2)16-18-26(24(22)20-11-6-5-7-12-20)23(27)15-14-21-13-8-9-17-25(21)3;1-6-4-8(3)9(10)5-7(6)2;3*1-2/h4-7,10-12,21,24H,8-9,13-18H2,1-3H3;4-5,10H,1-3H3;1-2H3;1-2H2;2H,1H3/b10-4-;;;;. The zero-order chi connectivity index (χ0) is 32.9. The van der Waals surface area contributed by atoms with Crippen molar-refractivity contribution in [2.45, 2.75) is 99.1 Å². The third-order valence-electron chi connectivity index (χ3n) is 8.03. The number of aliphatic hydroxyl groups excluding tert-OH is 1. The van der Waals surface area contributed by atoms with Gasteiger partial charge in [-0.3, -0.25) is 4.79 Å². The molecule has 2 aliphatic rings. The molecule has 2 unspecified atom stereocenters. The number of hydrogen-bond donors (Lipinski definition) is 2. The summed E-state index contributed by atoms with van der Waals surface area (Å²) < 4.78 is 0. The predicted octanol–water partition coefficient (Wildman–Crippen LogP) is 8.87. The molecule has 1 amide bonds. The zero-order valence-electron chi connectivity index (χ0n) is 28.6. The van der Waals surface area contributed by atoms with Crippen LogP contribution >= 0.6 is 0 Å². The number of aromatic hydroxyl groups is 1. The number of phenolic OH excluding ortho intramolecular Hbond substituents is 1. The van der Waals surface area contributed by atoms with Crippen LogP contribution in [-0.2, 0) is 4.79 Å². The van der Waals surface area contributed by atoms with Crippen LogP contribution in [0.4, 0.5) is 0 Å². The molecule has 43 heavy (non-hydrogen) atoms. The molecule has 2 aliphatic heterocycles. The maximum absolute atomic E-state index is 13.2. The van der Waals surface area contributed by atoms with Crippen LogP contribution in [0.25, 0.3) is 0 Å². The number of benzene rings is 2. The van der Waals surface area contributed by atoms with Gasteiger partial charge in [0.1, 0.15) is 5.75 Å². The van der Waals surface area contributed by atoms with Gasteiger partial charge in [0.15, 0.2) is 0 Å². The largest absolute Gasteiger partial charge is 0.508 e. The van der Waals surface area contributed by atoms with Gasteiger partial charge >= 0.3 is 0 Å². The number of likely N-dealkylation sites (tertiary alicyclic amines) is 1. The number of aliphatic hydroxyl groups is 1. The number of piperidine rings is 1. The molecular formula is C38H60N2O3. The van der Waals surface area contributed by atoms with E-state index in [-0.39, 0.29) is 6.04 Å².